The van der Waals surface area contributed by atoms with Crippen molar-refractivity contribution in [2.75, 3.05) is 0 Å². The Morgan fingerprint density at radius 3 is 2.69 bits per heavy atom. The number of carbonyl (C=O) groups is 1. The third kappa shape index (κ3) is 2.54. The minimum Gasteiger partial charge on any atom is -0.276 e. The lowest BCUT2D eigenvalue weighted by Gasteiger charge is -2.01. The number of aliphatic imine (C=N–C) groups is 1. The van der Waals surface area contributed by atoms with Crippen LogP contribution in [-0.4, -0.2) is 12.6 Å². The first-order chi connectivity index (χ1) is 7.90. The van der Waals surface area contributed by atoms with Crippen LogP contribution in [0.5, 0.6) is 0 Å². The fraction of sp³-hybridized carbons (Fsp3) is 0.143. The van der Waals surface area contributed by atoms with Crippen molar-refractivity contribution in [1.29, 1.82) is 0 Å². The Morgan fingerprint density at radius 1 is 1.06 bits per heavy atom. The molecule has 2 heteroatoms. The van der Waals surface area contributed by atoms with E-state index in [0.29, 0.717) is 6.41 Å². The molecule has 2 aromatic rings. The van der Waals surface area contributed by atoms with Crippen LogP contribution in [0.25, 0.3) is 10.8 Å². The van der Waals surface area contributed by atoms with E-state index in [0.717, 1.165) is 12.8 Å². The highest BCUT2D eigenvalue weighted by Gasteiger charge is 1.95. The average Bonchev–Trinajstić information content (AvgIpc) is 2.34. The fourth-order valence-electron chi connectivity index (χ4n) is 1.74. The maximum Gasteiger partial charge on any atom is 0.232 e. The van der Waals surface area contributed by atoms with Gasteiger partial charge in [0, 0.05) is 6.21 Å². The molecule has 16 heavy (non-hydrogen) atoms. The summed E-state index contributed by atoms with van der Waals surface area (Å²) in [6.45, 7) is 0. The van der Waals surface area contributed by atoms with Gasteiger partial charge in [0.25, 0.3) is 0 Å². The molecule has 2 rings (SSSR count). The SMILES string of the molecule is O=C/N=C/CCc1ccc2ccccc2c1. The number of carbonyl (C=O) groups excluding carboxylic acids is 1. The number of nitrogens with zero attached hydrogens (tertiary/aromatic N) is 1. The van der Waals surface area contributed by atoms with E-state index in [1.165, 1.54) is 16.3 Å². The van der Waals surface area contributed by atoms with Crippen LogP contribution in [0.4, 0.5) is 0 Å². The molecule has 0 fully saturated rings. The second-order valence-electron chi connectivity index (χ2n) is 3.66. The normalized spacial score (nSPS) is 11.0. The summed E-state index contributed by atoms with van der Waals surface area (Å²) >= 11 is 0. The topological polar surface area (TPSA) is 29.4 Å². The second kappa shape index (κ2) is 5.21. The number of amides is 1. The highest BCUT2D eigenvalue weighted by molar-refractivity contribution is 5.83. The van der Waals surface area contributed by atoms with E-state index < -0.39 is 0 Å². The molecule has 0 spiro atoms. The maximum atomic E-state index is 9.99. The summed E-state index contributed by atoms with van der Waals surface area (Å²) in [7, 11) is 0. The number of rotatable bonds is 4. The Balaban J connectivity index is 2.13. The van der Waals surface area contributed by atoms with Gasteiger partial charge < -0.3 is 0 Å². The minimum atomic E-state index is 0.570. The molecule has 80 valence electrons. The zero-order valence-corrected chi connectivity index (χ0v) is 8.97. The third-order valence-electron chi connectivity index (χ3n) is 2.54. The van der Waals surface area contributed by atoms with Crippen LogP contribution < -0.4 is 0 Å². The van der Waals surface area contributed by atoms with Gasteiger partial charge >= 0.3 is 0 Å². The van der Waals surface area contributed by atoms with E-state index >= 15 is 0 Å². The first kappa shape index (κ1) is 10.6. The molecule has 0 unspecified atom stereocenters. The maximum absolute atomic E-state index is 9.99. The lowest BCUT2D eigenvalue weighted by Crippen LogP contribution is -1.86. The summed E-state index contributed by atoms with van der Waals surface area (Å²) in [6.07, 6.45) is 3.95. The number of hydrogen-bond donors (Lipinski definition) is 0. The van der Waals surface area contributed by atoms with Gasteiger partial charge in [-0.3, -0.25) is 4.79 Å². The molecule has 0 atom stereocenters. The molecule has 0 saturated carbocycles. The van der Waals surface area contributed by atoms with Crippen LogP contribution in [0.3, 0.4) is 0 Å². The Labute approximate surface area is 94.6 Å². The van der Waals surface area contributed by atoms with Crippen LogP contribution in [-0.2, 0) is 11.2 Å². The largest absolute Gasteiger partial charge is 0.276 e. The van der Waals surface area contributed by atoms with Gasteiger partial charge in [-0.2, -0.15) is 0 Å². The van der Waals surface area contributed by atoms with Crippen molar-refractivity contribution in [1.82, 2.24) is 0 Å². The predicted octanol–water partition coefficient (Wildman–Crippen LogP) is 3.00. The lowest BCUT2D eigenvalue weighted by atomic mass is 10.0. The van der Waals surface area contributed by atoms with Gasteiger partial charge in [0.1, 0.15) is 0 Å². The molecule has 0 bridgehead atoms. The van der Waals surface area contributed by atoms with Crippen molar-refractivity contribution >= 4 is 23.4 Å². The van der Waals surface area contributed by atoms with Gasteiger partial charge in [-0.1, -0.05) is 42.5 Å². The predicted molar refractivity (Wildman–Crippen MR) is 66.8 cm³/mol. The van der Waals surface area contributed by atoms with Crippen molar-refractivity contribution in [3.05, 3.63) is 48.0 Å². The van der Waals surface area contributed by atoms with Gasteiger partial charge in [-0.15, -0.1) is 0 Å². The van der Waals surface area contributed by atoms with Crippen LogP contribution in [0.2, 0.25) is 0 Å². The quantitative estimate of drug-likeness (QED) is 0.564. The van der Waals surface area contributed by atoms with E-state index in [4.69, 9.17) is 0 Å². The van der Waals surface area contributed by atoms with E-state index in [1.54, 1.807) is 6.21 Å². The monoisotopic (exact) mass is 211 g/mol. The molecule has 0 N–H and O–H groups in total. The van der Waals surface area contributed by atoms with Crippen LogP contribution >= 0.6 is 0 Å². The summed E-state index contributed by atoms with van der Waals surface area (Å²) in [5.74, 6) is 0. The van der Waals surface area contributed by atoms with E-state index in [9.17, 15) is 4.79 Å². The molecule has 2 aromatic carbocycles. The van der Waals surface area contributed by atoms with Gasteiger partial charge in [0.2, 0.25) is 6.41 Å². The van der Waals surface area contributed by atoms with E-state index in [1.807, 2.05) is 12.1 Å². The third-order valence-corrected chi connectivity index (χ3v) is 2.54. The van der Waals surface area contributed by atoms with E-state index in [-0.39, 0.29) is 0 Å². The molecular weight excluding hydrogens is 198 g/mol. The summed E-state index contributed by atoms with van der Waals surface area (Å²) in [5, 5.41) is 2.51. The number of fused-ring (bicyclic) bond motifs is 1. The molecule has 1 amide bonds. The molecule has 0 radical (unpaired) electrons. The molecule has 0 aliphatic heterocycles. The van der Waals surface area contributed by atoms with Crippen molar-refractivity contribution in [3.63, 3.8) is 0 Å². The fourth-order valence-corrected chi connectivity index (χ4v) is 1.74. The molecule has 2 nitrogen and oxygen atoms in total. The second-order valence-corrected chi connectivity index (χ2v) is 3.66. The first-order valence-electron chi connectivity index (χ1n) is 5.33. The summed E-state index contributed by atoms with van der Waals surface area (Å²) in [5.41, 5.74) is 1.27. The van der Waals surface area contributed by atoms with Crippen molar-refractivity contribution in [3.8, 4) is 0 Å². The zero-order valence-electron chi connectivity index (χ0n) is 8.97. The molecule has 0 heterocycles. The Bertz CT molecular complexity index is 517. The Hall–Kier alpha value is -1.96. The summed E-state index contributed by atoms with van der Waals surface area (Å²) in [6, 6.07) is 14.7. The van der Waals surface area contributed by atoms with Crippen molar-refractivity contribution < 1.29 is 4.79 Å². The average molecular weight is 211 g/mol. The van der Waals surface area contributed by atoms with Crippen molar-refractivity contribution in [2.24, 2.45) is 4.99 Å². The number of hydrogen-bond acceptors (Lipinski definition) is 1. The number of benzene rings is 2. The minimum absolute atomic E-state index is 0.570. The highest BCUT2D eigenvalue weighted by atomic mass is 16.1. The first-order valence-corrected chi connectivity index (χ1v) is 5.33. The Kier molecular flexibility index (Phi) is 3.44. The lowest BCUT2D eigenvalue weighted by molar-refractivity contribution is -0.106. The molecule has 0 aromatic heterocycles. The standard InChI is InChI=1S/C14H13NO/c16-11-15-9-3-4-12-7-8-13-5-1-2-6-14(13)10-12/h1-2,5-11H,3-4H2/b15-9+. The van der Waals surface area contributed by atoms with Crippen LogP contribution in [0.15, 0.2) is 47.5 Å². The molecule has 0 aliphatic rings. The Morgan fingerprint density at radius 2 is 1.88 bits per heavy atom. The van der Waals surface area contributed by atoms with Crippen LogP contribution in [0.1, 0.15) is 12.0 Å². The number of aryl methyl sites for hydroxylation is 1. The molecular formula is C14H13NO. The van der Waals surface area contributed by atoms with E-state index in [2.05, 4.69) is 35.3 Å². The van der Waals surface area contributed by atoms with Crippen molar-refractivity contribution in [2.45, 2.75) is 12.8 Å². The highest BCUT2D eigenvalue weighted by Crippen LogP contribution is 2.16. The van der Waals surface area contributed by atoms with Gasteiger partial charge in [-0.05, 0) is 29.2 Å². The summed E-state index contributed by atoms with van der Waals surface area (Å²) in [4.78, 5) is 13.5. The van der Waals surface area contributed by atoms with Gasteiger partial charge in [0.05, 0.1) is 0 Å². The van der Waals surface area contributed by atoms with Crippen LogP contribution in [0, 0.1) is 0 Å². The molecule has 0 saturated heterocycles. The van der Waals surface area contributed by atoms with Gasteiger partial charge in [-0.25, -0.2) is 4.99 Å². The zero-order chi connectivity index (χ0) is 11.2. The smallest absolute Gasteiger partial charge is 0.232 e. The molecule has 0 aliphatic carbocycles. The summed E-state index contributed by atoms with van der Waals surface area (Å²) < 4.78 is 0. The van der Waals surface area contributed by atoms with Gasteiger partial charge in [0.15, 0.2) is 0 Å².